The van der Waals surface area contributed by atoms with Gasteiger partial charge in [-0.15, -0.1) is 11.8 Å². The fourth-order valence-electron chi connectivity index (χ4n) is 5.53. The third-order valence-electron chi connectivity index (χ3n) is 7.41. The third kappa shape index (κ3) is 3.73. The Bertz CT molecular complexity index is 827. The number of nitrogens with zero attached hydrogens (tertiary/aromatic N) is 3. The summed E-state index contributed by atoms with van der Waals surface area (Å²) in [6.45, 7) is 7.55. The van der Waals surface area contributed by atoms with E-state index >= 15 is 0 Å². The summed E-state index contributed by atoms with van der Waals surface area (Å²) in [5, 5.41) is 32.6. The molecule has 4 aliphatic heterocycles. The zero-order chi connectivity index (χ0) is 23.2. The first-order valence-corrected chi connectivity index (χ1v) is 12.1. The fourth-order valence-corrected chi connectivity index (χ4v) is 7.06. The molecule has 0 aromatic heterocycles. The fraction of sp³-hybridized carbons (Fsp3) is 0.762. The van der Waals surface area contributed by atoms with Crippen molar-refractivity contribution in [3.8, 4) is 0 Å². The van der Waals surface area contributed by atoms with Crippen molar-refractivity contribution < 1.29 is 29.7 Å². The van der Waals surface area contributed by atoms with Crippen molar-refractivity contribution in [3.05, 3.63) is 10.6 Å². The number of rotatable bonds is 7. The van der Waals surface area contributed by atoms with Gasteiger partial charge in [0.15, 0.2) is 0 Å². The van der Waals surface area contributed by atoms with Crippen molar-refractivity contribution in [2.24, 2.45) is 5.92 Å². The molecule has 11 heteroatoms. The molecule has 1 unspecified atom stereocenters. The first-order valence-electron chi connectivity index (χ1n) is 11.2. The number of carbonyl (C=O) groups excluding carboxylic acids is 2. The smallest absolute Gasteiger partial charge is 0.353 e. The van der Waals surface area contributed by atoms with Crippen LogP contribution in [0.1, 0.15) is 26.7 Å². The molecule has 0 aromatic rings. The topological polar surface area (TPSA) is 134 Å². The monoisotopic (exact) mass is 468 g/mol. The molecule has 0 bridgehead atoms. The molecule has 3 fully saturated rings. The summed E-state index contributed by atoms with van der Waals surface area (Å²) in [4.78, 5) is 43.2. The van der Waals surface area contributed by atoms with Crippen LogP contribution in [0.5, 0.6) is 0 Å². The van der Waals surface area contributed by atoms with Crippen LogP contribution in [0.3, 0.4) is 0 Å². The number of hydrogen-bond donors (Lipinski definition) is 4. The summed E-state index contributed by atoms with van der Waals surface area (Å²) in [5.41, 5.74) is -0.905. The number of aliphatic hydroxyl groups excluding tert-OH is 2. The van der Waals surface area contributed by atoms with Gasteiger partial charge < -0.3 is 25.5 Å². The Labute approximate surface area is 191 Å². The Morgan fingerprint density at radius 2 is 1.97 bits per heavy atom. The Kier molecular flexibility index (Phi) is 6.56. The number of amides is 2. The number of aliphatic hydroxyl groups is 2. The zero-order valence-corrected chi connectivity index (χ0v) is 19.3. The molecular formula is C21H32N4O6S. The van der Waals surface area contributed by atoms with Crippen LogP contribution >= 0.6 is 11.8 Å². The standard InChI is InChI=1S/C21H32N4O6S/c1-12-18(17(20(30)31)25-16(28)10-21(12,25)13(2)27)32-14-9-15(22-11-14)19(29)24-5-3-23(4-6-24)7-8-26/h12-15,22,26-27H,3-11H2,1-2H3,(H,30,31)/t12-,13+,14-,15+,21?/m0/s1. The van der Waals surface area contributed by atoms with Crippen molar-refractivity contribution in [1.82, 2.24) is 20.0 Å². The summed E-state index contributed by atoms with van der Waals surface area (Å²) < 4.78 is 0. The first-order chi connectivity index (χ1) is 15.2. The molecule has 4 aliphatic rings. The highest BCUT2D eigenvalue weighted by Gasteiger charge is 2.65. The number of aliphatic carboxylic acids is 1. The highest BCUT2D eigenvalue weighted by Crippen LogP contribution is 2.56. The van der Waals surface area contributed by atoms with Crippen LogP contribution in [0.25, 0.3) is 0 Å². The molecule has 178 valence electrons. The number of carboxylic acids is 1. The van der Waals surface area contributed by atoms with Crippen LogP contribution in [0, 0.1) is 5.92 Å². The van der Waals surface area contributed by atoms with Crippen LogP contribution in [0.15, 0.2) is 10.6 Å². The molecular weight excluding hydrogens is 436 g/mol. The zero-order valence-electron chi connectivity index (χ0n) is 18.5. The number of β-amino-alcohol motifs (C(OH)–C–C–N with tert-alkyl or cyclic N) is 1. The van der Waals surface area contributed by atoms with E-state index in [1.54, 1.807) is 6.92 Å². The van der Waals surface area contributed by atoms with Gasteiger partial charge in [0, 0.05) is 55.3 Å². The van der Waals surface area contributed by atoms with E-state index in [2.05, 4.69) is 10.2 Å². The number of carboxylic acid groups (broad SMARTS) is 1. The lowest BCUT2D eigenvalue weighted by atomic mass is 9.73. The minimum atomic E-state index is -1.16. The van der Waals surface area contributed by atoms with E-state index in [1.807, 2.05) is 11.8 Å². The molecule has 32 heavy (non-hydrogen) atoms. The van der Waals surface area contributed by atoms with Crippen molar-refractivity contribution >= 4 is 29.5 Å². The second-order valence-electron chi connectivity index (χ2n) is 9.14. The van der Waals surface area contributed by atoms with E-state index < -0.39 is 17.6 Å². The van der Waals surface area contributed by atoms with Gasteiger partial charge >= 0.3 is 5.97 Å². The number of thioether (sulfide) groups is 1. The molecule has 3 saturated heterocycles. The Hall–Kier alpha value is -1.66. The molecule has 0 aliphatic carbocycles. The molecule has 2 amide bonds. The summed E-state index contributed by atoms with van der Waals surface area (Å²) in [6.07, 6.45) is -0.124. The second kappa shape index (κ2) is 8.94. The second-order valence-corrected chi connectivity index (χ2v) is 10.5. The van der Waals surface area contributed by atoms with E-state index in [0.29, 0.717) is 37.5 Å². The SMILES string of the molecule is C[C@@H](O)C12CC(=O)N1C(C(=O)O)=C(S[C@@H]1CN[C@@H](C(=O)N3CCN(CCO)CC3)C1)[C@@H]2C. The van der Waals surface area contributed by atoms with Crippen LogP contribution in [0.2, 0.25) is 0 Å². The first kappa shape index (κ1) is 23.5. The maximum absolute atomic E-state index is 13.0. The van der Waals surface area contributed by atoms with Gasteiger partial charge in [0.25, 0.3) is 0 Å². The summed E-state index contributed by atoms with van der Waals surface area (Å²) in [6, 6.07) is -0.313. The largest absolute Gasteiger partial charge is 0.477 e. The summed E-state index contributed by atoms with van der Waals surface area (Å²) >= 11 is 1.42. The quantitative estimate of drug-likeness (QED) is 0.343. The van der Waals surface area contributed by atoms with Gasteiger partial charge in [-0.3, -0.25) is 19.4 Å². The normalized spacial score (nSPS) is 34.0. The molecule has 4 N–H and O–H groups in total. The Morgan fingerprint density at radius 3 is 2.53 bits per heavy atom. The molecule has 0 spiro atoms. The van der Waals surface area contributed by atoms with Crippen LogP contribution in [-0.2, 0) is 14.4 Å². The lowest BCUT2D eigenvalue weighted by Gasteiger charge is -2.52. The van der Waals surface area contributed by atoms with Gasteiger partial charge in [-0.25, -0.2) is 4.79 Å². The predicted octanol–water partition coefficient (Wildman–Crippen LogP) is -1.12. The molecule has 4 rings (SSSR count). The van der Waals surface area contributed by atoms with Crippen LogP contribution in [0.4, 0.5) is 0 Å². The van der Waals surface area contributed by atoms with Crippen LogP contribution < -0.4 is 5.32 Å². The Balaban J connectivity index is 1.42. The lowest BCUT2D eigenvalue weighted by molar-refractivity contribution is -0.167. The average Bonchev–Trinajstić information content (AvgIpc) is 3.29. The van der Waals surface area contributed by atoms with Gasteiger partial charge in [-0.05, 0) is 13.3 Å². The van der Waals surface area contributed by atoms with Crippen molar-refractivity contribution in [2.75, 3.05) is 45.9 Å². The predicted molar refractivity (Wildman–Crippen MR) is 118 cm³/mol. The van der Waals surface area contributed by atoms with Gasteiger partial charge in [0.1, 0.15) is 5.70 Å². The lowest BCUT2D eigenvalue weighted by Crippen LogP contribution is -2.68. The molecule has 10 nitrogen and oxygen atoms in total. The number of carbonyl (C=O) groups is 3. The number of nitrogens with one attached hydrogen (secondary N) is 1. The minimum Gasteiger partial charge on any atom is -0.477 e. The molecule has 5 atom stereocenters. The van der Waals surface area contributed by atoms with Gasteiger partial charge in [-0.2, -0.15) is 0 Å². The van der Waals surface area contributed by atoms with Crippen LogP contribution in [-0.4, -0.2) is 117 Å². The third-order valence-corrected chi connectivity index (χ3v) is 8.90. The Morgan fingerprint density at radius 1 is 1.28 bits per heavy atom. The van der Waals surface area contributed by atoms with Crippen molar-refractivity contribution in [2.45, 2.75) is 49.6 Å². The summed E-state index contributed by atoms with van der Waals surface area (Å²) in [5.74, 6) is -1.66. The highest BCUT2D eigenvalue weighted by molar-refractivity contribution is 8.03. The number of hydrogen-bond acceptors (Lipinski definition) is 8. The molecule has 0 radical (unpaired) electrons. The molecule has 0 aromatic carbocycles. The molecule has 0 saturated carbocycles. The molecule has 4 heterocycles. The van der Waals surface area contributed by atoms with Gasteiger partial charge in [-0.1, -0.05) is 6.92 Å². The van der Waals surface area contributed by atoms with Gasteiger partial charge in [0.05, 0.1) is 30.7 Å². The highest BCUT2D eigenvalue weighted by atomic mass is 32.2. The van der Waals surface area contributed by atoms with E-state index in [1.165, 1.54) is 16.7 Å². The summed E-state index contributed by atoms with van der Waals surface area (Å²) in [7, 11) is 0. The van der Waals surface area contributed by atoms with Gasteiger partial charge in [0.2, 0.25) is 11.8 Å². The number of β-lactam (4-membered cyclic amide) rings is 1. The van der Waals surface area contributed by atoms with Crippen molar-refractivity contribution in [3.63, 3.8) is 0 Å². The van der Waals surface area contributed by atoms with E-state index in [-0.39, 0.29) is 47.7 Å². The minimum absolute atomic E-state index is 0.00581. The number of piperazine rings is 1. The maximum Gasteiger partial charge on any atom is 0.353 e. The number of fused-ring (bicyclic) bond motifs is 1. The van der Waals surface area contributed by atoms with E-state index in [4.69, 9.17) is 5.11 Å². The van der Waals surface area contributed by atoms with E-state index in [0.717, 1.165) is 13.1 Å². The van der Waals surface area contributed by atoms with E-state index in [9.17, 15) is 24.6 Å². The maximum atomic E-state index is 13.0. The van der Waals surface area contributed by atoms with Crippen molar-refractivity contribution in [1.29, 1.82) is 0 Å². The average molecular weight is 469 g/mol.